The third kappa shape index (κ3) is 4.86. The van der Waals surface area contributed by atoms with Gasteiger partial charge in [0.2, 0.25) is 0 Å². The monoisotopic (exact) mass is 433 g/mol. The van der Waals surface area contributed by atoms with Gasteiger partial charge in [0.1, 0.15) is 0 Å². The van der Waals surface area contributed by atoms with Crippen LogP contribution in [0.15, 0.2) is 48.2 Å². The molecule has 6 heteroatoms. The average Bonchev–Trinajstić information content (AvgIpc) is 3.15. The first-order valence-electron chi connectivity index (χ1n) is 11.4. The molecule has 6 nitrogen and oxygen atoms in total. The molecule has 0 aromatic heterocycles. The topological polar surface area (TPSA) is 70.7 Å². The Bertz CT molecular complexity index is 1020. The maximum atomic E-state index is 12.8. The highest BCUT2D eigenvalue weighted by molar-refractivity contribution is 6.32. The van der Waals surface area contributed by atoms with E-state index in [1.54, 1.807) is 12.1 Å². The van der Waals surface area contributed by atoms with Gasteiger partial charge in [-0.1, -0.05) is 38.0 Å². The lowest BCUT2D eigenvalue weighted by Gasteiger charge is -2.26. The summed E-state index contributed by atoms with van der Waals surface area (Å²) < 4.78 is 4.79. The van der Waals surface area contributed by atoms with E-state index in [-0.39, 0.29) is 5.91 Å². The van der Waals surface area contributed by atoms with Crippen molar-refractivity contribution < 1.29 is 14.3 Å². The minimum atomic E-state index is -0.420. The second-order valence-corrected chi connectivity index (χ2v) is 8.47. The Kier molecular flexibility index (Phi) is 6.90. The summed E-state index contributed by atoms with van der Waals surface area (Å²) in [5.41, 5.74) is 5.66. The van der Waals surface area contributed by atoms with Crippen LogP contribution in [-0.4, -0.2) is 37.0 Å². The number of allylic oxidation sites excluding steroid dienone is 1. The number of likely N-dealkylation sites (tertiary alicyclic amines) is 1. The molecule has 0 spiro atoms. The van der Waals surface area contributed by atoms with E-state index < -0.39 is 5.97 Å². The first-order chi connectivity index (χ1) is 15.6. The standard InChI is InChI=1S/C26H31N3O3/c1-3-7-22(24-21-13-10-19(26(31)32-2)16-23(21)28-25(24)30)27-20-11-8-18(9-12-20)17-29-14-5-4-6-15-29/h8-13,16,27H,3-7,14-15,17H2,1-2H3,(H,28,30). The van der Waals surface area contributed by atoms with Gasteiger partial charge in [-0.15, -0.1) is 0 Å². The number of amides is 1. The van der Waals surface area contributed by atoms with Gasteiger partial charge >= 0.3 is 5.97 Å². The Hall–Kier alpha value is -3.12. The van der Waals surface area contributed by atoms with Crippen molar-refractivity contribution in [2.24, 2.45) is 0 Å². The van der Waals surface area contributed by atoms with Crippen LogP contribution in [0.5, 0.6) is 0 Å². The van der Waals surface area contributed by atoms with Gasteiger partial charge in [0.05, 0.1) is 23.9 Å². The molecule has 168 valence electrons. The SMILES string of the molecule is CCCC(Nc1ccc(CN2CCCCC2)cc1)=C1C(=O)Nc2cc(C(=O)OC)ccc21. The van der Waals surface area contributed by atoms with Crippen LogP contribution in [-0.2, 0) is 16.1 Å². The number of ether oxygens (including phenoxy) is 1. The summed E-state index contributed by atoms with van der Waals surface area (Å²) in [6.45, 7) is 5.44. The molecule has 32 heavy (non-hydrogen) atoms. The van der Waals surface area contributed by atoms with Gasteiger partial charge in [-0.2, -0.15) is 0 Å². The Labute approximate surface area is 189 Å². The fourth-order valence-corrected chi connectivity index (χ4v) is 4.46. The van der Waals surface area contributed by atoms with Crippen molar-refractivity contribution in [3.8, 4) is 0 Å². The molecule has 0 radical (unpaired) electrons. The van der Waals surface area contributed by atoms with Gasteiger partial charge in [-0.05, 0) is 62.2 Å². The number of piperidine rings is 1. The first-order valence-corrected chi connectivity index (χ1v) is 11.4. The zero-order valence-electron chi connectivity index (χ0n) is 18.9. The third-order valence-electron chi connectivity index (χ3n) is 6.09. The third-order valence-corrected chi connectivity index (χ3v) is 6.09. The second kappa shape index (κ2) is 10.0. The molecular weight excluding hydrogens is 402 g/mol. The summed E-state index contributed by atoms with van der Waals surface area (Å²) >= 11 is 0. The molecule has 0 aliphatic carbocycles. The van der Waals surface area contributed by atoms with Crippen LogP contribution in [0.2, 0.25) is 0 Å². The van der Waals surface area contributed by atoms with Crippen LogP contribution in [0.1, 0.15) is 60.5 Å². The molecule has 4 rings (SSSR count). The highest BCUT2D eigenvalue weighted by Gasteiger charge is 2.28. The minimum Gasteiger partial charge on any atom is -0.465 e. The Morgan fingerprint density at radius 1 is 1.09 bits per heavy atom. The van der Waals surface area contributed by atoms with Crippen LogP contribution >= 0.6 is 0 Å². The Morgan fingerprint density at radius 2 is 1.84 bits per heavy atom. The van der Waals surface area contributed by atoms with E-state index in [1.807, 2.05) is 6.07 Å². The van der Waals surface area contributed by atoms with E-state index in [1.165, 1.54) is 45.0 Å². The van der Waals surface area contributed by atoms with Crippen molar-refractivity contribution in [2.75, 3.05) is 30.8 Å². The van der Waals surface area contributed by atoms with Crippen LogP contribution in [0, 0.1) is 0 Å². The number of fused-ring (bicyclic) bond motifs is 1. The van der Waals surface area contributed by atoms with Crippen LogP contribution < -0.4 is 10.6 Å². The number of hydrogen-bond donors (Lipinski definition) is 2. The van der Waals surface area contributed by atoms with Crippen molar-refractivity contribution in [1.29, 1.82) is 0 Å². The van der Waals surface area contributed by atoms with Crippen LogP contribution in [0.25, 0.3) is 5.57 Å². The molecule has 0 saturated carbocycles. The smallest absolute Gasteiger partial charge is 0.337 e. The zero-order chi connectivity index (χ0) is 22.5. The summed E-state index contributed by atoms with van der Waals surface area (Å²) in [5.74, 6) is -0.573. The molecule has 1 amide bonds. The van der Waals surface area contributed by atoms with E-state index in [0.717, 1.165) is 36.3 Å². The zero-order valence-corrected chi connectivity index (χ0v) is 18.9. The average molecular weight is 434 g/mol. The van der Waals surface area contributed by atoms with Gasteiger partial charge in [-0.25, -0.2) is 4.79 Å². The summed E-state index contributed by atoms with van der Waals surface area (Å²) in [6, 6.07) is 13.7. The van der Waals surface area contributed by atoms with Crippen molar-refractivity contribution in [3.63, 3.8) is 0 Å². The second-order valence-electron chi connectivity index (χ2n) is 8.47. The number of benzene rings is 2. The van der Waals surface area contributed by atoms with Gasteiger partial charge < -0.3 is 15.4 Å². The quantitative estimate of drug-likeness (QED) is 0.473. The fraction of sp³-hybridized carbons (Fsp3) is 0.385. The van der Waals surface area contributed by atoms with Gasteiger partial charge in [0.15, 0.2) is 0 Å². The number of hydrogen-bond acceptors (Lipinski definition) is 5. The van der Waals surface area contributed by atoms with Crippen LogP contribution in [0.4, 0.5) is 11.4 Å². The molecule has 2 aliphatic rings. The van der Waals surface area contributed by atoms with Crippen molar-refractivity contribution in [3.05, 3.63) is 64.9 Å². The van der Waals surface area contributed by atoms with E-state index in [9.17, 15) is 9.59 Å². The number of nitrogens with one attached hydrogen (secondary N) is 2. The highest BCUT2D eigenvalue weighted by Crippen LogP contribution is 2.36. The van der Waals surface area contributed by atoms with Crippen molar-refractivity contribution >= 4 is 28.8 Å². The van der Waals surface area contributed by atoms with Crippen molar-refractivity contribution in [2.45, 2.75) is 45.6 Å². The number of carbonyl (C=O) groups excluding carboxylic acids is 2. The highest BCUT2D eigenvalue weighted by atomic mass is 16.5. The number of esters is 1. The summed E-state index contributed by atoms with van der Waals surface area (Å²) in [7, 11) is 1.35. The summed E-state index contributed by atoms with van der Waals surface area (Å²) in [4.78, 5) is 27.2. The summed E-state index contributed by atoms with van der Waals surface area (Å²) in [6.07, 6.45) is 5.57. The molecule has 1 saturated heterocycles. The first kappa shape index (κ1) is 22.1. The normalized spacial score (nSPS) is 17.5. The van der Waals surface area contributed by atoms with E-state index >= 15 is 0 Å². The number of rotatable bonds is 7. The largest absolute Gasteiger partial charge is 0.465 e. The lowest BCUT2D eigenvalue weighted by atomic mass is 10.0. The minimum absolute atomic E-state index is 0.153. The van der Waals surface area contributed by atoms with E-state index in [0.29, 0.717) is 16.8 Å². The molecule has 0 unspecified atom stereocenters. The molecular formula is C26H31N3O3. The maximum absolute atomic E-state index is 12.8. The maximum Gasteiger partial charge on any atom is 0.337 e. The Balaban J connectivity index is 1.56. The molecule has 2 aliphatic heterocycles. The predicted molar refractivity (Wildman–Crippen MR) is 127 cm³/mol. The van der Waals surface area contributed by atoms with Crippen LogP contribution in [0.3, 0.4) is 0 Å². The van der Waals surface area contributed by atoms with Gasteiger partial charge in [0.25, 0.3) is 5.91 Å². The fourth-order valence-electron chi connectivity index (χ4n) is 4.46. The molecule has 2 heterocycles. The van der Waals surface area contributed by atoms with Crippen molar-refractivity contribution in [1.82, 2.24) is 4.90 Å². The molecule has 0 atom stereocenters. The molecule has 0 bridgehead atoms. The number of nitrogens with zero attached hydrogens (tertiary/aromatic N) is 1. The lowest BCUT2D eigenvalue weighted by molar-refractivity contribution is -0.110. The molecule has 2 aromatic carbocycles. The molecule has 2 aromatic rings. The van der Waals surface area contributed by atoms with E-state index in [4.69, 9.17) is 4.74 Å². The number of anilines is 2. The van der Waals surface area contributed by atoms with Gasteiger partial charge in [-0.3, -0.25) is 9.69 Å². The number of carbonyl (C=O) groups is 2. The molecule has 1 fully saturated rings. The number of methoxy groups -OCH3 is 1. The Morgan fingerprint density at radius 3 is 2.53 bits per heavy atom. The van der Waals surface area contributed by atoms with Gasteiger partial charge in [0, 0.05) is 23.5 Å². The summed E-state index contributed by atoms with van der Waals surface area (Å²) in [5, 5.41) is 6.38. The van der Waals surface area contributed by atoms with E-state index in [2.05, 4.69) is 46.7 Å². The molecule has 2 N–H and O–H groups in total. The predicted octanol–water partition coefficient (Wildman–Crippen LogP) is 5.03. The lowest BCUT2D eigenvalue weighted by Crippen LogP contribution is -2.29.